The molecule has 26 heavy (non-hydrogen) atoms. The van der Waals surface area contributed by atoms with Gasteiger partial charge in [0.25, 0.3) is 0 Å². The van der Waals surface area contributed by atoms with Crippen LogP contribution in [-0.2, 0) is 6.61 Å². The van der Waals surface area contributed by atoms with Crippen LogP contribution in [0.15, 0.2) is 53.0 Å². The molecule has 3 aromatic rings. The van der Waals surface area contributed by atoms with Gasteiger partial charge in [0.2, 0.25) is 5.13 Å². The average molecular weight is 435 g/mol. The Morgan fingerprint density at radius 3 is 2.69 bits per heavy atom. The van der Waals surface area contributed by atoms with Gasteiger partial charge in [-0.25, -0.2) is 4.79 Å². The first-order valence-corrected chi connectivity index (χ1v) is 9.16. The third kappa shape index (κ3) is 5.17. The van der Waals surface area contributed by atoms with E-state index in [1.54, 1.807) is 31.4 Å². The first-order valence-electron chi connectivity index (χ1n) is 7.55. The third-order valence-corrected chi connectivity index (χ3v) is 4.53. The summed E-state index contributed by atoms with van der Waals surface area (Å²) < 4.78 is 11.7. The van der Waals surface area contributed by atoms with E-state index in [4.69, 9.17) is 9.47 Å². The van der Waals surface area contributed by atoms with E-state index in [0.29, 0.717) is 21.6 Å². The number of benzene rings is 2. The number of methoxy groups -OCH3 is 1. The van der Waals surface area contributed by atoms with Crippen molar-refractivity contribution in [2.45, 2.75) is 6.61 Å². The molecule has 0 spiro atoms. The lowest BCUT2D eigenvalue weighted by molar-refractivity contribution is 0.262. The topological polar surface area (TPSA) is 85.4 Å². The Morgan fingerprint density at radius 2 is 1.92 bits per heavy atom. The number of hydrogen-bond donors (Lipinski definition) is 2. The number of carbonyl (C=O) groups is 1. The zero-order valence-corrected chi connectivity index (χ0v) is 16.1. The number of urea groups is 1. The number of nitrogens with one attached hydrogen (secondary N) is 2. The molecule has 7 nitrogen and oxygen atoms in total. The lowest BCUT2D eigenvalue weighted by Gasteiger charge is -2.06. The molecule has 0 atom stereocenters. The molecule has 0 bridgehead atoms. The molecule has 9 heteroatoms. The number of carbonyl (C=O) groups excluding carboxylic acids is 1. The molecule has 0 aliphatic rings. The van der Waals surface area contributed by atoms with Crippen LogP contribution in [0, 0.1) is 0 Å². The monoisotopic (exact) mass is 434 g/mol. The summed E-state index contributed by atoms with van der Waals surface area (Å²) in [5, 5.41) is 14.4. The Kier molecular flexibility index (Phi) is 6.03. The van der Waals surface area contributed by atoms with Crippen LogP contribution in [0.25, 0.3) is 0 Å². The van der Waals surface area contributed by atoms with Crippen LogP contribution in [0.5, 0.6) is 11.5 Å². The van der Waals surface area contributed by atoms with Gasteiger partial charge in [-0.2, -0.15) is 0 Å². The van der Waals surface area contributed by atoms with Gasteiger partial charge in [0, 0.05) is 16.2 Å². The largest absolute Gasteiger partial charge is 0.497 e. The van der Waals surface area contributed by atoms with Gasteiger partial charge in [0.05, 0.1) is 7.11 Å². The molecule has 0 unspecified atom stereocenters. The Hall–Kier alpha value is -2.65. The van der Waals surface area contributed by atoms with E-state index in [2.05, 4.69) is 36.8 Å². The van der Waals surface area contributed by atoms with Gasteiger partial charge in [0.15, 0.2) is 5.01 Å². The highest BCUT2D eigenvalue weighted by Crippen LogP contribution is 2.21. The summed E-state index contributed by atoms with van der Waals surface area (Å²) in [6.45, 7) is 0.276. The lowest BCUT2D eigenvalue weighted by atomic mass is 10.3. The standard InChI is InChI=1S/C17H15BrN4O3S/c1-24-14-4-2-3-12(9-14)19-16(23)20-17-22-21-15(26-17)10-25-13-7-5-11(18)6-8-13/h2-9H,10H2,1H3,(H2,19,20,22,23). The molecule has 134 valence electrons. The van der Waals surface area contributed by atoms with Crippen LogP contribution in [0.1, 0.15) is 5.01 Å². The number of aromatic nitrogens is 2. The fourth-order valence-electron chi connectivity index (χ4n) is 2.00. The number of halogens is 1. The van der Waals surface area contributed by atoms with Crippen molar-refractivity contribution >= 4 is 44.1 Å². The van der Waals surface area contributed by atoms with Crippen molar-refractivity contribution in [2.24, 2.45) is 0 Å². The highest BCUT2D eigenvalue weighted by molar-refractivity contribution is 9.10. The van der Waals surface area contributed by atoms with E-state index >= 15 is 0 Å². The summed E-state index contributed by atoms with van der Waals surface area (Å²) in [6.07, 6.45) is 0. The highest BCUT2D eigenvalue weighted by Gasteiger charge is 2.09. The van der Waals surface area contributed by atoms with Crippen molar-refractivity contribution < 1.29 is 14.3 Å². The molecule has 0 aliphatic heterocycles. The molecule has 0 fully saturated rings. The van der Waals surface area contributed by atoms with Gasteiger partial charge < -0.3 is 14.8 Å². The Labute approximate surface area is 162 Å². The highest BCUT2D eigenvalue weighted by atomic mass is 79.9. The first-order chi connectivity index (χ1) is 12.6. The summed E-state index contributed by atoms with van der Waals surface area (Å²) in [5.74, 6) is 1.39. The summed E-state index contributed by atoms with van der Waals surface area (Å²) in [7, 11) is 1.57. The molecule has 1 heterocycles. The Morgan fingerprint density at radius 1 is 1.12 bits per heavy atom. The molecular formula is C17H15BrN4O3S. The zero-order valence-electron chi connectivity index (χ0n) is 13.7. The molecule has 3 rings (SSSR count). The molecule has 2 N–H and O–H groups in total. The van der Waals surface area contributed by atoms with Crippen LogP contribution in [0.3, 0.4) is 0 Å². The predicted octanol–water partition coefficient (Wildman–Crippen LogP) is 4.53. The van der Waals surface area contributed by atoms with Gasteiger partial charge in [-0.15, -0.1) is 10.2 Å². The van der Waals surface area contributed by atoms with Crippen LogP contribution >= 0.6 is 27.3 Å². The van der Waals surface area contributed by atoms with Crippen LogP contribution < -0.4 is 20.1 Å². The molecule has 2 amide bonds. The van der Waals surface area contributed by atoms with E-state index in [0.717, 1.165) is 10.2 Å². The number of amides is 2. The number of hydrogen-bond acceptors (Lipinski definition) is 6. The quantitative estimate of drug-likeness (QED) is 0.594. The van der Waals surface area contributed by atoms with Gasteiger partial charge in [0.1, 0.15) is 18.1 Å². The minimum Gasteiger partial charge on any atom is -0.497 e. The van der Waals surface area contributed by atoms with E-state index in [1.807, 2.05) is 24.3 Å². The summed E-state index contributed by atoms with van der Waals surface area (Å²) in [5.41, 5.74) is 0.616. The summed E-state index contributed by atoms with van der Waals surface area (Å²) in [4.78, 5) is 12.0. The van der Waals surface area contributed by atoms with E-state index < -0.39 is 6.03 Å². The second-order valence-corrected chi connectivity index (χ2v) is 7.03. The molecular weight excluding hydrogens is 420 g/mol. The lowest BCUT2D eigenvalue weighted by Crippen LogP contribution is -2.19. The van der Waals surface area contributed by atoms with Crippen molar-refractivity contribution in [1.29, 1.82) is 0 Å². The normalized spacial score (nSPS) is 10.2. The van der Waals surface area contributed by atoms with Crippen molar-refractivity contribution in [1.82, 2.24) is 10.2 Å². The maximum absolute atomic E-state index is 12.0. The minimum atomic E-state index is -0.408. The summed E-state index contributed by atoms with van der Waals surface area (Å²) >= 11 is 4.62. The predicted molar refractivity (Wildman–Crippen MR) is 104 cm³/mol. The Bertz CT molecular complexity index is 886. The van der Waals surface area contributed by atoms with Crippen molar-refractivity contribution in [3.63, 3.8) is 0 Å². The SMILES string of the molecule is COc1cccc(NC(=O)Nc2nnc(COc3ccc(Br)cc3)s2)c1. The fourth-order valence-corrected chi connectivity index (χ4v) is 2.91. The molecule has 1 aromatic heterocycles. The molecule has 0 saturated carbocycles. The zero-order chi connectivity index (χ0) is 18.4. The van der Waals surface area contributed by atoms with E-state index in [1.165, 1.54) is 11.3 Å². The fraction of sp³-hybridized carbons (Fsp3) is 0.118. The third-order valence-electron chi connectivity index (χ3n) is 3.19. The van der Waals surface area contributed by atoms with Crippen LogP contribution in [-0.4, -0.2) is 23.3 Å². The molecule has 0 aliphatic carbocycles. The van der Waals surface area contributed by atoms with Crippen LogP contribution in [0.2, 0.25) is 0 Å². The van der Waals surface area contributed by atoms with E-state index in [9.17, 15) is 4.79 Å². The maximum Gasteiger partial charge on any atom is 0.325 e. The average Bonchev–Trinajstić information content (AvgIpc) is 3.08. The second kappa shape index (κ2) is 8.63. The van der Waals surface area contributed by atoms with Crippen molar-refractivity contribution in [3.8, 4) is 11.5 Å². The molecule has 0 radical (unpaired) electrons. The molecule has 0 saturated heterocycles. The number of nitrogens with zero attached hydrogens (tertiary/aromatic N) is 2. The second-order valence-electron chi connectivity index (χ2n) is 5.05. The van der Waals surface area contributed by atoms with Crippen LogP contribution in [0.4, 0.5) is 15.6 Å². The Balaban J connectivity index is 1.52. The maximum atomic E-state index is 12.0. The van der Waals surface area contributed by atoms with Gasteiger partial charge in [-0.3, -0.25) is 5.32 Å². The van der Waals surface area contributed by atoms with E-state index in [-0.39, 0.29) is 6.61 Å². The summed E-state index contributed by atoms with van der Waals surface area (Å²) in [6, 6.07) is 14.2. The number of rotatable bonds is 6. The number of anilines is 2. The first kappa shape index (κ1) is 18.2. The van der Waals surface area contributed by atoms with Gasteiger partial charge in [-0.1, -0.05) is 33.3 Å². The number of ether oxygens (including phenoxy) is 2. The van der Waals surface area contributed by atoms with Gasteiger partial charge in [-0.05, 0) is 36.4 Å². The van der Waals surface area contributed by atoms with Gasteiger partial charge >= 0.3 is 6.03 Å². The molecule has 2 aromatic carbocycles. The van der Waals surface area contributed by atoms with Crippen molar-refractivity contribution in [3.05, 3.63) is 58.0 Å². The minimum absolute atomic E-state index is 0.276. The van der Waals surface area contributed by atoms with Crippen molar-refractivity contribution in [2.75, 3.05) is 17.7 Å². The smallest absolute Gasteiger partial charge is 0.325 e.